The molecule has 0 heterocycles. The molecule has 0 aliphatic rings. The summed E-state index contributed by atoms with van der Waals surface area (Å²) in [7, 11) is 1.18. The van der Waals surface area contributed by atoms with E-state index in [4.69, 9.17) is 18.5 Å². The molecule has 1 unspecified atom stereocenters. The molecule has 0 aliphatic carbocycles. The molecule has 11 heteroatoms. The van der Waals surface area contributed by atoms with Crippen molar-refractivity contribution in [3.8, 4) is 0 Å². The van der Waals surface area contributed by atoms with E-state index >= 15 is 0 Å². The maximum absolute atomic E-state index is 12.6. The zero-order valence-corrected chi connectivity index (χ0v) is 31.9. The third kappa shape index (κ3) is 36.1. The van der Waals surface area contributed by atoms with Gasteiger partial charge in [0.25, 0.3) is 7.82 Å². The highest BCUT2D eigenvalue weighted by atomic mass is 31.2. The fourth-order valence-electron chi connectivity index (χ4n) is 5.12. The predicted molar refractivity (Wildman–Crippen MR) is 189 cm³/mol. The first-order chi connectivity index (χ1) is 22.0. The van der Waals surface area contributed by atoms with Gasteiger partial charge in [0.15, 0.2) is 6.10 Å². The Labute approximate surface area is 288 Å². The maximum Gasteiger partial charge on any atom is 0.306 e. The quantitative estimate of drug-likeness (QED) is 0.0284. The number of phosphoric ester groups is 1. The summed E-state index contributed by atoms with van der Waals surface area (Å²) in [4.78, 5) is 37.2. The number of likely N-dealkylation sites (N-methyl/N-ethyl adjacent to an activating group) is 1. The van der Waals surface area contributed by atoms with Crippen LogP contribution in [0.1, 0.15) is 168 Å². The number of carbonyl (C=O) groups excluding carboxylic acids is 2. The second-order valence-corrected chi connectivity index (χ2v) is 15.4. The standard InChI is InChI=1S/C36H72NO8P.H2O/c1-6-8-10-12-14-16-18-20-22-24-26-28-35(38)42-32-34(33-44-46(40,41)43-31-30-37(3,4)5)45-36(39)29-27-25-23-21-19-17-15-13-11-9-7-2;/h34H,6-33H2,1-5H3;1H2/t34-;/m1./s1. The van der Waals surface area contributed by atoms with Gasteiger partial charge in [0.2, 0.25) is 0 Å². The molecule has 2 N–H and O–H groups in total. The van der Waals surface area contributed by atoms with Crippen LogP contribution in [0.4, 0.5) is 0 Å². The number of phosphoric acid groups is 1. The number of unbranched alkanes of at least 4 members (excludes halogenated alkanes) is 20. The zero-order valence-electron chi connectivity index (χ0n) is 31.0. The minimum Gasteiger partial charge on any atom is -0.756 e. The number of rotatable bonds is 34. The molecule has 0 fully saturated rings. The number of hydrogen-bond acceptors (Lipinski definition) is 8. The Morgan fingerprint density at radius 3 is 1.38 bits per heavy atom. The van der Waals surface area contributed by atoms with Gasteiger partial charge in [-0.3, -0.25) is 14.2 Å². The average molecular weight is 696 g/mol. The van der Waals surface area contributed by atoms with Gasteiger partial charge in [-0.05, 0) is 12.8 Å². The highest BCUT2D eigenvalue weighted by Gasteiger charge is 2.21. The van der Waals surface area contributed by atoms with Gasteiger partial charge in [-0.1, -0.05) is 142 Å². The van der Waals surface area contributed by atoms with Gasteiger partial charge in [-0.15, -0.1) is 0 Å². The SMILES string of the molecule is CCCCCCCCCCCCCC(=O)OC[C@H](COP(=O)([O-])OCC[N+](C)(C)C)OC(=O)CCCCCCCCCCCCC.O. The van der Waals surface area contributed by atoms with E-state index < -0.39 is 26.5 Å². The molecular formula is C36H74NO9P. The van der Waals surface area contributed by atoms with Crippen LogP contribution in [0.15, 0.2) is 0 Å². The van der Waals surface area contributed by atoms with Crippen molar-refractivity contribution in [3.05, 3.63) is 0 Å². The lowest BCUT2D eigenvalue weighted by molar-refractivity contribution is -0.870. The summed E-state index contributed by atoms with van der Waals surface area (Å²) in [5, 5.41) is 0. The summed E-state index contributed by atoms with van der Waals surface area (Å²) < 4.78 is 33.7. The van der Waals surface area contributed by atoms with Crippen molar-refractivity contribution >= 4 is 19.8 Å². The van der Waals surface area contributed by atoms with Gasteiger partial charge in [0.1, 0.15) is 19.8 Å². The molecule has 0 bridgehead atoms. The third-order valence-electron chi connectivity index (χ3n) is 8.13. The smallest absolute Gasteiger partial charge is 0.306 e. The monoisotopic (exact) mass is 696 g/mol. The Balaban J connectivity index is 0. The minimum absolute atomic E-state index is 0. The van der Waals surface area contributed by atoms with Crippen LogP contribution in [0.5, 0.6) is 0 Å². The van der Waals surface area contributed by atoms with Gasteiger partial charge in [0, 0.05) is 12.8 Å². The highest BCUT2D eigenvalue weighted by molar-refractivity contribution is 7.45. The average Bonchev–Trinajstić information content (AvgIpc) is 2.99. The van der Waals surface area contributed by atoms with E-state index in [0.29, 0.717) is 17.4 Å². The second kappa shape index (κ2) is 32.2. The molecule has 0 radical (unpaired) electrons. The molecule has 10 nitrogen and oxygen atoms in total. The first-order valence-corrected chi connectivity index (χ1v) is 20.2. The molecule has 0 aromatic heterocycles. The Morgan fingerprint density at radius 1 is 0.596 bits per heavy atom. The summed E-state index contributed by atoms with van der Waals surface area (Å²) >= 11 is 0. The van der Waals surface area contributed by atoms with Crippen molar-refractivity contribution in [2.75, 3.05) is 47.5 Å². The highest BCUT2D eigenvalue weighted by Crippen LogP contribution is 2.38. The summed E-state index contributed by atoms with van der Waals surface area (Å²) in [5.74, 6) is -0.829. The third-order valence-corrected chi connectivity index (χ3v) is 9.09. The summed E-state index contributed by atoms with van der Waals surface area (Å²) in [6.07, 6.45) is 25.5. The Kier molecular flexibility index (Phi) is 32.9. The number of ether oxygens (including phenoxy) is 2. The summed E-state index contributed by atoms with van der Waals surface area (Å²) in [6.45, 7) is 4.21. The lowest BCUT2D eigenvalue weighted by Gasteiger charge is -2.28. The molecule has 0 rings (SSSR count). The van der Waals surface area contributed by atoms with Crippen LogP contribution < -0.4 is 4.89 Å². The number of hydrogen-bond donors (Lipinski definition) is 0. The van der Waals surface area contributed by atoms with Crippen LogP contribution >= 0.6 is 7.82 Å². The van der Waals surface area contributed by atoms with E-state index in [2.05, 4.69) is 13.8 Å². The van der Waals surface area contributed by atoms with Crippen LogP contribution in [0.25, 0.3) is 0 Å². The molecule has 0 saturated carbocycles. The molecule has 0 aliphatic heterocycles. The number of carbonyl (C=O) groups is 2. The minimum atomic E-state index is -4.60. The van der Waals surface area contributed by atoms with Gasteiger partial charge < -0.3 is 33.4 Å². The molecule has 0 saturated heterocycles. The van der Waals surface area contributed by atoms with Crippen molar-refractivity contribution in [3.63, 3.8) is 0 Å². The maximum atomic E-state index is 12.6. The van der Waals surface area contributed by atoms with Crippen LogP contribution in [-0.2, 0) is 32.7 Å². The van der Waals surface area contributed by atoms with Gasteiger partial charge in [-0.2, -0.15) is 0 Å². The first kappa shape index (κ1) is 48.1. The lowest BCUT2D eigenvalue weighted by Crippen LogP contribution is -2.37. The first-order valence-electron chi connectivity index (χ1n) is 18.7. The largest absolute Gasteiger partial charge is 0.756 e. The van der Waals surface area contributed by atoms with Crippen LogP contribution in [0, 0.1) is 0 Å². The normalized spacial score (nSPS) is 13.5. The van der Waals surface area contributed by atoms with E-state index in [1.807, 2.05) is 21.1 Å². The molecule has 2 atom stereocenters. The summed E-state index contributed by atoms with van der Waals surface area (Å²) in [5.41, 5.74) is 0. The van der Waals surface area contributed by atoms with Gasteiger partial charge >= 0.3 is 11.9 Å². The van der Waals surface area contributed by atoms with E-state index in [1.165, 1.54) is 103 Å². The fourth-order valence-corrected chi connectivity index (χ4v) is 5.85. The molecular weight excluding hydrogens is 621 g/mol. The Bertz CT molecular complexity index is 776. The van der Waals surface area contributed by atoms with E-state index in [1.54, 1.807) is 0 Å². The fraction of sp³-hybridized carbons (Fsp3) is 0.944. The predicted octanol–water partition coefficient (Wildman–Crippen LogP) is 8.23. The lowest BCUT2D eigenvalue weighted by atomic mass is 10.1. The topological polar surface area (TPSA) is 143 Å². The summed E-state index contributed by atoms with van der Waals surface area (Å²) in [6, 6.07) is 0. The Hall–Kier alpha value is -1.03. The molecule has 282 valence electrons. The van der Waals surface area contributed by atoms with Crippen molar-refractivity contribution in [1.29, 1.82) is 0 Å². The molecule has 0 spiro atoms. The van der Waals surface area contributed by atoms with Crippen molar-refractivity contribution in [2.45, 2.75) is 174 Å². The van der Waals surface area contributed by atoms with Crippen molar-refractivity contribution in [1.82, 2.24) is 0 Å². The van der Waals surface area contributed by atoms with Crippen LogP contribution in [0.3, 0.4) is 0 Å². The second-order valence-electron chi connectivity index (χ2n) is 14.0. The number of quaternary nitrogens is 1. The van der Waals surface area contributed by atoms with E-state index in [0.717, 1.165) is 32.1 Å². The molecule has 0 amide bonds. The Morgan fingerprint density at radius 2 is 0.979 bits per heavy atom. The van der Waals surface area contributed by atoms with E-state index in [9.17, 15) is 19.0 Å². The molecule has 0 aromatic carbocycles. The van der Waals surface area contributed by atoms with Crippen molar-refractivity contribution in [2.24, 2.45) is 0 Å². The van der Waals surface area contributed by atoms with Gasteiger partial charge in [0.05, 0.1) is 27.7 Å². The number of nitrogens with zero attached hydrogens (tertiary/aromatic N) is 1. The molecule has 0 aromatic rings. The van der Waals surface area contributed by atoms with Gasteiger partial charge in [-0.25, -0.2) is 0 Å². The van der Waals surface area contributed by atoms with Crippen molar-refractivity contribution < 1.29 is 47.5 Å². The molecule has 47 heavy (non-hydrogen) atoms. The number of esters is 2. The van der Waals surface area contributed by atoms with Crippen LogP contribution in [-0.4, -0.2) is 75.5 Å². The zero-order chi connectivity index (χ0) is 34.4. The van der Waals surface area contributed by atoms with Crippen LogP contribution in [0.2, 0.25) is 0 Å². The van der Waals surface area contributed by atoms with E-state index in [-0.39, 0.29) is 37.5 Å².